The maximum absolute atomic E-state index is 12.5. The zero-order valence-electron chi connectivity index (χ0n) is 15.7. The summed E-state index contributed by atoms with van der Waals surface area (Å²) >= 11 is 0. The van der Waals surface area contributed by atoms with Crippen LogP contribution in [0.5, 0.6) is 0 Å². The van der Waals surface area contributed by atoms with Crippen molar-refractivity contribution in [2.45, 2.75) is 51.2 Å². The summed E-state index contributed by atoms with van der Waals surface area (Å²) in [7, 11) is 0. The summed E-state index contributed by atoms with van der Waals surface area (Å²) in [5.41, 5.74) is 10.7. The predicted octanol–water partition coefficient (Wildman–Crippen LogP) is -2.74. The van der Waals surface area contributed by atoms with Gasteiger partial charge in [0.1, 0.15) is 18.1 Å². The molecule has 0 aliphatic carbocycles. The summed E-state index contributed by atoms with van der Waals surface area (Å²) in [6, 6.07) is -3.42. The molecule has 0 rings (SSSR count). The number of amides is 3. The number of carbonyl (C=O) groups is 4. The van der Waals surface area contributed by atoms with E-state index in [1.54, 1.807) is 13.8 Å². The SMILES string of the molecule is CC(C)C(NC(=O)CN)C(=O)NC(CCCCN)C(=O)NC(CO)C(=O)O. The maximum Gasteiger partial charge on any atom is 0.328 e. The van der Waals surface area contributed by atoms with E-state index in [9.17, 15) is 19.2 Å². The monoisotopic (exact) mass is 389 g/mol. The van der Waals surface area contributed by atoms with Crippen molar-refractivity contribution in [2.75, 3.05) is 19.7 Å². The van der Waals surface area contributed by atoms with Crippen molar-refractivity contribution in [2.24, 2.45) is 17.4 Å². The summed E-state index contributed by atoms with van der Waals surface area (Å²) in [4.78, 5) is 47.4. The second kappa shape index (κ2) is 13.0. The molecule has 0 spiro atoms. The number of nitrogens with two attached hydrogens (primary N) is 2. The third-order valence-electron chi connectivity index (χ3n) is 3.83. The molecule has 0 aromatic heterocycles. The largest absolute Gasteiger partial charge is 0.480 e. The summed E-state index contributed by atoms with van der Waals surface area (Å²) in [6.07, 6.45) is 1.36. The van der Waals surface area contributed by atoms with Gasteiger partial charge in [-0.3, -0.25) is 14.4 Å². The molecule has 0 fully saturated rings. The van der Waals surface area contributed by atoms with Gasteiger partial charge in [-0.15, -0.1) is 0 Å². The first kappa shape index (κ1) is 24.8. The van der Waals surface area contributed by atoms with Gasteiger partial charge in [-0.2, -0.15) is 0 Å². The van der Waals surface area contributed by atoms with Crippen LogP contribution in [0, 0.1) is 5.92 Å². The van der Waals surface area contributed by atoms with E-state index in [0.717, 1.165) is 0 Å². The van der Waals surface area contributed by atoms with E-state index in [0.29, 0.717) is 19.4 Å². The first-order valence-electron chi connectivity index (χ1n) is 8.81. The number of carboxylic acid groups (broad SMARTS) is 1. The van der Waals surface area contributed by atoms with Crippen molar-refractivity contribution in [3.63, 3.8) is 0 Å². The van der Waals surface area contributed by atoms with Crippen molar-refractivity contribution in [1.29, 1.82) is 0 Å². The Kier molecular flexibility index (Phi) is 11.9. The summed E-state index contributed by atoms with van der Waals surface area (Å²) < 4.78 is 0. The summed E-state index contributed by atoms with van der Waals surface area (Å²) in [6.45, 7) is 2.77. The highest BCUT2D eigenvalue weighted by atomic mass is 16.4. The minimum atomic E-state index is -1.48. The van der Waals surface area contributed by atoms with E-state index >= 15 is 0 Å². The molecule has 11 heteroatoms. The van der Waals surface area contributed by atoms with Gasteiger partial charge in [0.05, 0.1) is 13.2 Å². The van der Waals surface area contributed by atoms with Crippen LogP contribution in [-0.4, -0.2) is 71.7 Å². The van der Waals surface area contributed by atoms with Gasteiger partial charge >= 0.3 is 5.97 Å². The average molecular weight is 389 g/mol. The van der Waals surface area contributed by atoms with Crippen LogP contribution < -0.4 is 27.4 Å². The van der Waals surface area contributed by atoms with Crippen LogP contribution in [0.2, 0.25) is 0 Å². The van der Waals surface area contributed by atoms with Crippen molar-refractivity contribution in [3.8, 4) is 0 Å². The van der Waals surface area contributed by atoms with Crippen molar-refractivity contribution >= 4 is 23.7 Å². The molecule has 27 heavy (non-hydrogen) atoms. The standard InChI is InChI=1S/C16H31N5O6/c1-9(2)13(21-12(23)7-18)15(25)19-10(5-3-4-6-17)14(24)20-11(8-22)16(26)27/h9-11,13,22H,3-8,17-18H2,1-2H3,(H,19,25)(H,20,24)(H,21,23)(H,26,27). The zero-order valence-corrected chi connectivity index (χ0v) is 15.7. The smallest absolute Gasteiger partial charge is 0.328 e. The molecule has 0 aromatic carbocycles. The van der Waals surface area contributed by atoms with Gasteiger partial charge < -0.3 is 37.6 Å². The predicted molar refractivity (Wildman–Crippen MR) is 97.3 cm³/mol. The number of hydrogen-bond donors (Lipinski definition) is 7. The van der Waals surface area contributed by atoms with E-state index < -0.39 is 48.4 Å². The second-order valence-electron chi connectivity index (χ2n) is 6.42. The number of carboxylic acids is 1. The van der Waals surface area contributed by atoms with Gasteiger partial charge in [0.15, 0.2) is 0 Å². The van der Waals surface area contributed by atoms with Crippen molar-refractivity contribution in [1.82, 2.24) is 16.0 Å². The number of nitrogens with one attached hydrogen (secondary N) is 3. The molecule has 0 aliphatic rings. The van der Waals surface area contributed by atoms with E-state index in [1.807, 2.05) is 0 Å². The number of unbranched alkanes of at least 4 members (excludes halogenated alkanes) is 1. The fourth-order valence-corrected chi connectivity index (χ4v) is 2.25. The Hall–Kier alpha value is -2.24. The fourth-order valence-electron chi connectivity index (χ4n) is 2.25. The molecule has 3 unspecified atom stereocenters. The molecule has 0 aromatic rings. The van der Waals surface area contributed by atoms with Crippen LogP contribution >= 0.6 is 0 Å². The van der Waals surface area contributed by atoms with Crippen LogP contribution in [0.25, 0.3) is 0 Å². The topological polar surface area (TPSA) is 197 Å². The van der Waals surface area contributed by atoms with E-state index in [2.05, 4.69) is 16.0 Å². The van der Waals surface area contributed by atoms with Crippen LogP contribution in [0.3, 0.4) is 0 Å². The third-order valence-corrected chi connectivity index (χ3v) is 3.83. The molecule has 0 saturated heterocycles. The molecule has 156 valence electrons. The van der Waals surface area contributed by atoms with Gasteiger partial charge in [-0.1, -0.05) is 13.8 Å². The molecule has 11 nitrogen and oxygen atoms in total. The second-order valence-corrected chi connectivity index (χ2v) is 6.42. The van der Waals surface area contributed by atoms with Crippen LogP contribution in [0.1, 0.15) is 33.1 Å². The van der Waals surface area contributed by atoms with Gasteiger partial charge in [0.25, 0.3) is 0 Å². The lowest BCUT2D eigenvalue weighted by Gasteiger charge is -2.26. The van der Waals surface area contributed by atoms with E-state index in [4.69, 9.17) is 21.7 Å². The molecular formula is C16H31N5O6. The zero-order chi connectivity index (χ0) is 21.0. The van der Waals surface area contributed by atoms with Crippen LogP contribution in [-0.2, 0) is 19.2 Å². The molecule has 9 N–H and O–H groups in total. The number of aliphatic hydroxyl groups is 1. The van der Waals surface area contributed by atoms with Gasteiger partial charge in [0.2, 0.25) is 17.7 Å². The molecule has 3 atom stereocenters. The highest BCUT2D eigenvalue weighted by molar-refractivity contribution is 5.93. The van der Waals surface area contributed by atoms with Crippen LogP contribution in [0.4, 0.5) is 0 Å². The van der Waals surface area contributed by atoms with E-state index in [-0.39, 0.29) is 18.9 Å². The first-order chi connectivity index (χ1) is 12.7. The minimum absolute atomic E-state index is 0.224. The highest BCUT2D eigenvalue weighted by Crippen LogP contribution is 2.06. The highest BCUT2D eigenvalue weighted by Gasteiger charge is 2.30. The first-order valence-corrected chi connectivity index (χ1v) is 8.81. The number of carbonyl (C=O) groups excluding carboxylic acids is 3. The number of aliphatic hydroxyl groups excluding tert-OH is 1. The molecule has 3 amide bonds. The maximum atomic E-state index is 12.5. The summed E-state index contributed by atoms with van der Waals surface area (Å²) in [5.74, 6) is -3.50. The number of hydrogen-bond acceptors (Lipinski definition) is 7. The van der Waals surface area contributed by atoms with Crippen molar-refractivity contribution in [3.05, 3.63) is 0 Å². The quantitative estimate of drug-likeness (QED) is 0.165. The Morgan fingerprint density at radius 3 is 1.96 bits per heavy atom. The third kappa shape index (κ3) is 9.31. The molecule has 0 aliphatic heterocycles. The molecule has 0 radical (unpaired) electrons. The Balaban J connectivity index is 5.19. The Morgan fingerprint density at radius 2 is 1.52 bits per heavy atom. The van der Waals surface area contributed by atoms with Gasteiger partial charge in [-0.05, 0) is 31.7 Å². The Labute approximate surface area is 158 Å². The lowest BCUT2D eigenvalue weighted by molar-refractivity contribution is -0.143. The molecule has 0 heterocycles. The van der Waals surface area contributed by atoms with Gasteiger partial charge in [0, 0.05) is 0 Å². The normalized spacial score (nSPS) is 14.1. The average Bonchev–Trinajstić information content (AvgIpc) is 2.62. The van der Waals surface area contributed by atoms with E-state index in [1.165, 1.54) is 0 Å². The lowest BCUT2D eigenvalue weighted by atomic mass is 10.0. The van der Waals surface area contributed by atoms with Gasteiger partial charge in [-0.25, -0.2) is 4.79 Å². The minimum Gasteiger partial charge on any atom is -0.480 e. The summed E-state index contributed by atoms with van der Waals surface area (Å²) in [5, 5.41) is 25.2. The Morgan fingerprint density at radius 1 is 0.926 bits per heavy atom. The fraction of sp³-hybridized carbons (Fsp3) is 0.750. The Bertz CT molecular complexity index is 514. The number of aliphatic carboxylic acids is 1. The van der Waals surface area contributed by atoms with Crippen molar-refractivity contribution < 1.29 is 29.4 Å². The molecular weight excluding hydrogens is 358 g/mol. The van der Waals surface area contributed by atoms with Crippen LogP contribution in [0.15, 0.2) is 0 Å². The lowest BCUT2D eigenvalue weighted by Crippen LogP contribution is -2.57. The number of rotatable bonds is 13. The molecule has 0 saturated carbocycles. The molecule has 0 bridgehead atoms.